The van der Waals surface area contributed by atoms with Crippen molar-refractivity contribution in [3.8, 4) is 0 Å². The molecule has 5 fully saturated rings. The van der Waals surface area contributed by atoms with Gasteiger partial charge in [0, 0.05) is 5.54 Å². The SMILES string of the molecule is O=CN(Cc1ccco1)[C@]1(C(=O)NC23CC4CC(CC(C4)C2)C3)CC[C@H]2Cc3ccccc3C[C@@H]2C1. The van der Waals surface area contributed by atoms with E-state index >= 15 is 0 Å². The van der Waals surface area contributed by atoms with Gasteiger partial charge in [-0.1, -0.05) is 24.3 Å². The molecule has 4 bridgehead atoms. The molecule has 1 N–H and O–H groups in total. The molecule has 0 radical (unpaired) electrons. The van der Waals surface area contributed by atoms with Crippen LogP contribution >= 0.6 is 0 Å². The first-order valence-corrected chi connectivity index (χ1v) is 14.2. The number of hydrogen-bond donors (Lipinski definition) is 1. The second kappa shape index (κ2) is 8.49. The zero-order valence-electron chi connectivity index (χ0n) is 21.2. The Hall–Kier alpha value is -2.56. The highest BCUT2D eigenvalue weighted by Crippen LogP contribution is 2.56. The van der Waals surface area contributed by atoms with Gasteiger partial charge in [0.1, 0.15) is 11.3 Å². The lowest BCUT2D eigenvalue weighted by Gasteiger charge is -2.58. The Balaban J connectivity index is 1.20. The van der Waals surface area contributed by atoms with Gasteiger partial charge in [-0.25, -0.2) is 0 Å². The molecular formula is C31H38N2O3. The number of benzene rings is 1. The van der Waals surface area contributed by atoms with Crippen molar-refractivity contribution in [1.82, 2.24) is 10.2 Å². The minimum atomic E-state index is -0.814. The largest absolute Gasteiger partial charge is 0.467 e. The number of furan rings is 1. The number of nitrogens with zero attached hydrogens (tertiary/aromatic N) is 1. The summed E-state index contributed by atoms with van der Waals surface area (Å²) in [4.78, 5) is 29.0. The van der Waals surface area contributed by atoms with Crippen LogP contribution in [0.2, 0.25) is 0 Å². The molecule has 36 heavy (non-hydrogen) atoms. The van der Waals surface area contributed by atoms with Gasteiger partial charge in [-0.15, -0.1) is 0 Å². The molecule has 6 aliphatic carbocycles. The minimum absolute atomic E-state index is 0.0614. The number of amides is 2. The molecule has 8 rings (SSSR count). The molecule has 5 heteroatoms. The lowest BCUT2D eigenvalue weighted by atomic mass is 9.52. The maximum atomic E-state index is 14.5. The van der Waals surface area contributed by atoms with Crippen molar-refractivity contribution in [2.45, 2.75) is 88.3 Å². The summed E-state index contributed by atoms with van der Waals surface area (Å²) in [6.45, 7) is 0.346. The van der Waals surface area contributed by atoms with E-state index < -0.39 is 5.54 Å². The molecule has 1 aromatic carbocycles. The quantitative estimate of drug-likeness (QED) is 0.566. The summed E-state index contributed by atoms with van der Waals surface area (Å²) in [7, 11) is 0. The fourth-order valence-electron chi connectivity index (χ4n) is 9.47. The van der Waals surface area contributed by atoms with E-state index in [1.54, 1.807) is 11.2 Å². The van der Waals surface area contributed by atoms with Crippen molar-refractivity contribution in [2.75, 3.05) is 0 Å². The van der Waals surface area contributed by atoms with Crippen LogP contribution in [0.4, 0.5) is 0 Å². The smallest absolute Gasteiger partial charge is 0.246 e. The molecular weight excluding hydrogens is 448 g/mol. The van der Waals surface area contributed by atoms with Crippen LogP contribution < -0.4 is 5.32 Å². The zero-order chi connectivity index (χ0) is 24.3. The van der Waals surface area contributed by atoms with Gasteiger partial charge in [-0.2, -0.15) is 0 Å². The van der Waals surface area contributed by atoms with E-state index in [2.05, 4.69) is 29.6 Å². The molecule has 0 saturated heterocycles. The van der Waals surface area contributed by atoms with Crippen molar-refractivity contribution < 1.29 is 14.0 Å². The van der Waals surface area contributed by atoms with Crippen LogP contribution in [0.15, 0.2) is 47.1 Å². The van der Waals surface area contributed by atoms with E-state index in [9.17, 15) is 9.59 Å². The Bertz CT molecular complexity index is 1110. The Labute approximate surface area is 214 Å². The number of nitrogens with one attached hydrogen (secondary N) is 1. The van der Waals surface area contributed by atoms with Gasteiger partial charge in [-0.05, 0) is 123 Å². The van der Waals surface area contributed by atoms with Crippen molar-refractivity contribution in [2.24, 2.45) is 29.6 Å². The Kier molecular flexibility index (Phi) is 5.34. The van der Waals surface area contributed by atoms with Gasteiger partial charge >= 0.3 is 0 Å². The monoisotopic (exact) mass is 486 g/mol. The molecule has 2 aromatic rings. The Morgan fingerprint density at radius 2 is 1.61 bits per heavy atom. The van der Waals surface area contributed by atoms with Gasteiger partial charge in [0.05, 0.1) is 12.8 Å². The van der Waals surface area contributed by atoms with Gasteiger partial charge in [0.15, 0.2) is 0 Å². The summed E-state index contributed by atoms with van der Waals surface area (Å²) < 4.78 is 5.64. The Morgan fingerprint density at radius 3 is 2.22 bits per heavy atom. The van der Waals surface area contributed by atoms with E-state index in [1.165, 1.54) is 30.4 Å². The summed E-state index contributed by atoms with van der Waals surface area (Å²) in [5.74, 6) is 4.13. The molecule has 2 amide bonds. The van der Waals surface area contributed by atoms with Crippen LogP contribution in [0.1, 0.15) is 74.7 Å². The van der Waals surface area contributed by atoms with Crippen LogP contribution in [0.5, 0.6) is 0 Å². The van der Waals surface area contributed by atoms with E-state index in [1.807, 2.05) is 12.1 Å². The fourth-order valence-corrected chi connectivity index (χ4v) is 9.47. The number of hydrogen-bond acceptors (Lipinski definition) is 3. The van der Waals surface area contributed by atoms with Gasteiger partial charge in [0.2, 0.25) is 12.3 Å². The van der Waals surface area contributed by atoms with Gasteiger partial charge in [-0.3, -0.25) is 9.59 Å². The highest BCUT2D eigenvalue weighted by Gasteiger charge is 2.56. The molecule has 1 aromatic heterocycles. The predicted molar refractivity (Wildman–Crippen MR) is 137 cm³/mol. The van der Waals surface area contributed by atoms with E-state index in [4.69, 9.17) is 4.42 Å². The van der Waals surface area contributed by atoms with Crippen LogP contribution in [-0.2, 0) is 29.0 Å². The normalized spacial score (nSPS) is 38.2. The molecule has 6 aliphatic rings. The summed E-state index contributed by atoms with van der Waals surface area (Å²) in [6, 6.07) is 12.5. The molecule has 190 valence electrons. The molecule has 0 spiro atoms. The minimum Gasteiger partial charge on any atom is -0.467 e. The first-order chi connectivity index (χ1) is 17.5. The second-order valence-electron chi connectivity index (χ2n) is 12.9. The lowest BCUT2D eigenvalue weighted by molar-refractivity contribution is -0.151. The maximum absolute atomic E-state index is 14.5. The average molecular weight is 487 g/mol. The van der Waals surface area contributed by atoms with Crippen molar-refractivity contribution in [3.05, 3.63) is 59.5 Å². The highest BCUT2D eigenvalue weighted by molar-refractivity contribution is 5.89. The van der Waals surface area contributed by atoms with Gasteiger partial charge < -0.3 is 14.6 Å². The summed E-state index contributed by atoms with van der Waals surface area (Å²) >= 11 is 0. The molecule has 5 nitrogen and oxygen atoms in total. The van der Waals surface area contributed by atoms with Crippen molar-refractivity contribution in [3.63, 3.8) is 0 Å². The van der Waals surface area contributed by atoms with Crippen LogP contribution in [0.25, 0.3) is 0 Å². The zero-order valence-corrected chi connectivity index (χ0v) is 21.2. The molecule has 5 saturated carbocycles. The maximum Gasteiger partial charge on any atom is 0.246 e. The lowest BCUT2D eigenvalue weighted by Crippen LogP contribution is -2.68. The summed E-state index contributed by atoms with van der Waals surface area (Å²) in [5, 5.41) is 3.67. The topological polar surface area (TPSA) is 62.6 Å². The molecule has 0 aliphatic heterocycles. The molecule has 3 atom stereocenters. The number of fused-ring (bicyclic) bond motifs is 2. The second-order valence-corrected chi connectivity index (χ2v) is 12.9. The number of carbonyl (C=O) groups excluding carboxylic acids is 2. The summed E-state index contributed by atoms with van der Waals surface area (Å²) in [5.41, 5.74) is 2.01. The summed E-state index contributed by atoms with van der Waals surface area (Å²) in [6.07, 6.45) is 14.5. The predicted octanol–water partition coefficient (Wildman–Crippen LogP) is 5.28. The van der Waals surface area contributed by atoms with Crippen molar-refractivity contribution in [1.29, 1.82) is 0 Å². The van der Waals surface area contributed by atoms with Crippen LogP contribution in [-0.4, -0.2) is 28.3 Å². The molecule has 1 heterocycles. The van der Waals surface area contributed by atoms with Crippen LogP contribution in [0, 0.1) is 29.6 Å². The standard InChI is InChI=1S/C31H38N2O3/c34-20-33(19-28-6-3-9-36-28)31(8-7-26-13-24-4-1-2-5-25(24)14-27(26)18-31)29(35)32-30-15-21-10-22(16-30)12-23(11-21)17-30/h1-6,9,20-23,26-27H,7-8,10-19H2,(H,32,35)/t21?,22?,23?,26-,27+,30?,31+/m0/s1. The van der Waals surface area contributed by atoms with E-state index in [-0.39, 0.29) is 11.4 Å². The third kappa shape index (κ3) is 3.72. The van der Waals surface area contributed by atoms with Gasteiger partial charge in [0.25, 0.3) is 0 Å². The fraction of sp³-hybridized carbons (Fsp3) is 0.613. The first-order valence-electron chi connectivity index (χ1n) is 14.2. The first kappa shape index (κ1) is 22.6. The third-order valence-corrected chi connectivity index (χ3v) is 10.7. The number of rotatable bonds is 6. The molecule has 0 unspecified atom stereocenters. The van der Waals surface area contributed by atoms with E-state index in [0.29, 0.717) is 18.4 Å². The van der Waals surface area contributed by atoms with Crippen molar-refractivity contribution >= 4 is 12.3 Å². The number of carbonyl (C=O) groups is 2. The third-order valence-electron chi connectivity index (χ3n) is 10.7. The average Bonchev–Trinajstić information content (AvgIpc) is 3.38. The van der Waals surface area contributed by atoms with Crippen LogP contribution in [0.3, 0.4) is 0 Å². The highest BCUT2D eigenvalue weighted by atomic mass is 16.3. The van der Waals surface area contributed by atoms with E-state index in [0.717, 1.165) is 81.3 Å². The Morgan fingerprint density at radius 1 is 0.944 bits per heavy atom.